The van der Waals surface area contributed by atoms with E-state index in [2.05, 4.69) is 5.32 Å². The van der Waals surface area contributed by atoms with Gasteiger partial charge in [0, 0.05) is 17.6 Å². The number of hydrogen-bond acceptors (Lipinski definition) is 2. The molecule has 0 bridgehead atoms. The lowest BCUT2D eigenvalue weighted by atomic mass is 10.2. The van der Waals surface area contributed by atoms with Gasteiger partial charge in [-0.1, -0.05) is 17.7 Å². The van der Waals surface area contributed by atoms with E-state index in [9.17, 15) is 4.79 Å². The molecule has 0 spiro atoms. The standard InChI is InChI=1S/C15H14ClNO2/c1-10-3-4-12(16)9-15(10)19-14-7-5-13(6-8-14)17-11(2)18/h3-9H,1-2H3,(H,17,18). The zero-order chi connectivity index (χ0) is 13.8. The molecule has 0 aliphatic heterocycles. The number of carbonyl (C=O) groups is 1. The van der Waals surface area contributed by atoms with Crippen LogP contribution < -0.4 is 10.1 Å². The number of nitrogens with one attached hydrogen (secondary N) is 1. The molecular weight excluding hydrogens is 262 g/mol. The third-order valence-electron chi connectivity index (χ3n) is 2.55. The summed E-state index contributed by atoms with van der Waals surface area (Å²) in [5.74, 6) is 1.32. The molecule has 1 amide bonds. The van der Waals surface area contributed by atoms with Crippen LogP contribution in [0.3, 0.4) is 0 Å². The van der Waals surface area contributed by atoms with Crippen molar-refractivity contribution in [1.82, 2.24) is 0 Å². The van der Waals surface area contributed by atoms with Crippen molar-refractivity contribution < 1.29 is 9.53 Å². The van der Waals surface area contributed by atoms with Crippen LogP contribution in [0.5, 0.6) is 11.5 Å². The summed E-state index contributed by atoms with van der Waals surface area (Å²) in [6.07, 6.45) is 0. The summed E-state index contributed by atoms with van der Waals surface area (Å²) in [5.41, 5.74) is 1.75. The fourth-order valence-corrected chi connectivity index (χ4v) is 1.78. The van der Waals surface area contributed by atoms with Crippen molar-refractivity contribution in [2.24, 2.45) is 0 Å². The van der Waals surface area contributed by atoms with E-state index in [0.717, 1.165) is 17.0 Å². The smallest absolute Gasteiger partial charge is 0.221 e. The molecule has 0 saturated carbocycles. The summed E-state index contributed by atoms with van der Waals surface area (Å²) < 4.78 is 5.75. The van der Waals surface area contributed by atoms with Gasteiger partial charge in [-0.15, -0.1) is 0 Å². The molecule has 0 aliphatic rings. The van der Waals surface area contributed by atoms with Crippen LogP contribution in [0.25, 0.3) is 0 Å². The van der Waals surface area contributed by atoms with Crippen molar-refractivity contribution in [1.29, 1.82) is 0 Å². The molecule has 3 nitrogen and oxygen atoms in total. The van der Waals surface area contributed by atoms with E-state index in [0.29, 0.717) is 10.8 Å². The van der Waals surface area contributed by atoms with Gasteiger partial charge in [-0.2, -0.15) is 0 Å². The van der Waals surface area contributed by atoms with Crippen LogP contribution in [0, 0.1) is 6.92 Å². The maximum absolute atomic E-state index is 10.9. The van der Waals surface area contributed by atoms with E-state index in [4.69, 9.17) is 16.3 Å². The Morgan fingerprint density at radius 3 is 2.47 bits per heavy atom. The number of aryl methyl sites for hydroxylation is 1. The van der Waals surface area contributed by atoms with Crippen molar-refractivity contribution in [3.8, 4) is 11.5 Å². The molecule has 0 fully saturated rings. The zero-order valence-electron chi connectivity index (χ0n) is 10.7. The number of ether oxygens (including phenoxy) is 1. The molecule has 98 valence electrons. The lowest BCUT2D eigenvalue weighted by Crippen LogP contribution is -2.05. The van der Waals surface area contributed by atoms with Gasteiger partial charge in [0.15, 0.2) is 0 Å². The molecule has 0 saturated heterocycles. The second kappa shape index (κ2) is 5.76. The van der Waals surface area contributed by atoms with Gasteiger partial charge in [-0.3, -0.25) is 4.79 Å². The van der Waals surface area contributed by atoms with E-state index < -0.39 is 0 Å². The average Bonchev–Trinajstić information content (AvgIpc) is 2.35. The highest BCUT2D eigenvalue weighted by atomic mass is 35.5. The van der Waals surface area contributed by atoms with Crippen LogP contribution >= 0.6 is 11.6 Å². The van der Waals surface area contributed by atoms with Gasteiger partial charge in [-0.25, -0.2) is 0 Å². The van der Waals surface area contributed by atoms with Gasteiger partial charge < -0.3 is 10.1 Å². The Hall–Kier alpha value is -2.00. The molecule has 0 aromatic heterocycles. The van der Waals surface area contributed by atoms with Gasteiger partial charge in [0.25, 0.3) is 0 Å². The molecule has 0 aliphatic carbocycles. The lowest BCUT2D eigenvalue weighted by molar-refractivity contribution is -0.114. The summed E-state index contributed by atoms with van der Waals surface area (Å²) in [4.78, 5) is 10.9. The summed E-state index contributed by atoms with van der Waals surface area (Å²) in [5, 5.41) is 3.34. The van der Waals surface area contributed by atoms with E-state index in [1.807, 2.05) is 19.1 Å². The molecule has 0 radical (unpaired) electrons. The van der Waals surface area contributed by atoms with Crippen LogP contribution in [-0.2, 0) is 4.79 Å². The highest BCUT2D eigenvalue weighted by Crippen LogP contribution is 2.28. The van der Waals surface area contributed by atoms with E-state index in [-0.39, 0.29) is 5.91 Å². The Morgan fingerprint density at radius 2 is 1.84 bits per heavy atom. The molecule has 4 heteroatoms. The summed E-state index contributed by atoms with van der Waals surface area (Å²) in [6, 6.07) is 12.7. The van der Waals surface area contributed by atoms with E-state index in [1.54, 1.807) is 30.3 Å². The van der Waals surface area contributed by atoms with Gasteiger partial charge in [0.1, 0.15) is 11.5 Å². The minimum absolute atomic E-state index is 0.0978. The molecule has 0 unspecified atom stereocenters. The molecule has 2 aromatic carbocycles. The number of benzene rings is 2. The SMILES string of the molecule is CC(=O)Nc1ccc(Oc2cc(Cl)ccc2C)cc1. The van der Waals surface area contributed by atoms with Crippen LogP contribution in [-0.4, -0.2) is 5.91 Å². The van der Waals surface area contributed by atoms with Crippen molar-refractivity contribution in [2.75, 3.05) is 5.32 Å². The first-order valence-corrected chi connectivity index (χ1v) is 6.24. The fraction of sp³-hybridized carbons (Fsp3) is 0.133. The molecule has 2 aromatic rings. The van der Waals surface area contributed by atoms with Crippen LogP contribution in [0.4, 0.5) is 5.69 Å². The predicted octanol–water partition coefficient (Wildman–Crippen LogP) is 4.40. The topological polar surface area (TPSA) is 38.3 Å². The van der Waals surface area contributed by atoms with Crippen molar-refractivity contribution in [3.63, 3.8) is 0 Å². The van der Waals surface area contributed by atoms with Crippen molar-refractivity contribution in [2.45, 2.75) is 13.8 Å². The summed E-state index contributed by atoms with van der Waals surface area (Å²) in [7, 11) is 0. The van der Waals surface area contributed by atoms with Gasteiger partial charge in [0.2, 0.25) is 5.91 Å². The summed E-state index contributed by atoms with van der Waals surface area (Å²) in [6.45, 7) is 3.43. The summed E-state index contributed by atoms with van der Waals surface area (Å²) >= 11 is 5.94. The monoisotopic (exact) mass is 275 g/mol. The number of anilines is 1. The molecule has 1 N–H and O–H groups in total. The number of carbonyl (C=O) groups excluding carboxylic acids is 1. The van der Waals surface area contributed by atoms with Crippen molar-refractivity contribution in [3.05, 3.63) is 53.1 Å². The quantitative estimate of drug-likeness (QED) is 0.902. The van der Waals surface area contributed by atoms with Crippen LogP contribution in [0.2, 0.25) is 5.02 Å². The molecular formula is C15H14ClNO2. The number of rotatable bonds is 3. The van der Waals surface area contributed by atoms with Gasteiger partial charge in [-0.05, 0) is 48.9 Å². The lowest BCUT2D eigenvalue weighted by Gasteiger charge is -2.09. The Bertz CT molecular complexity index is 594. The Morgan fingerprint density at radius 1 is 1.16 bits per heavy atom. The average molecular weight is 276 g/mol. The van der Waals surface area contributed by atoms with Crippen LogP contribution in [0.1, 0.15) is 12.5 Å². The van der Waals surface area contributed by atoms with E-state index in [1.165, 1.54) is 6.92 Å². The highest BCUT2D eigenvalue weighted by molar-refractivity contribution is 6.30. The maximum atomic E-state index is 10.9. The normalized spacial score (nSPS) is 10.1. The number of halogens is 1. The first-order valence-electron chi connectivity index (χ1n) is 5.86. The Kier molecular flexibility index (Phi) is 4.07. The number of amides is 1. The third kappa shape index (κ3) is 3.73. The third-order valence-corrected chi connectivity index (χ3v) is 2.79. The van der Waals surface area contributed by atoms with E-state index >= 15 is 0 Å². The first-order chi connectivity index (χ1) is 9.04. The van der Waals surface area contributed by atoms with Crippen molar-refractivity contribution >= 4 is 23.2 Å². The first kappa shape index (κ1) is 13.4. The van der Waals surface area contributed by atoms with Gasteiger partial charge >= 0.3 is 0 Å². The Balaban J connectivity index is 2.15. The number of hydrogen-bond donors (Lipinski definition) is 1. The zero-order valence-corrected chi connectivity index (χ0v) is 11.5. The predicted molar refractivity (Wildman–Crippen MR) is 77.0 cm³/mol. The molecule has 0 heterocycles. The fourth-order valence-electron chi connectivity index (χ4n) is 1.62. The Labute approximate surface area is 117 Å². The second-order valence-corrected chi connectivity index (χ2v) is 4.65. The van der Waals surface area contributed by atoms with Crippen LogP contribution in [0.15, 0.2) is 42.5 Å². The minimum atomic E-state index is -0.0978. The molecule has 2 rings (SSSR count). The second-order valence-electron chi connectivity index (χ2n) is 4.22. The minimum Gasteiger partial charge on any atom is -0.457 e. The molecule has 0 atom stereocenters. The maximum Gasteiger partial charge on any atom is 0.221 e. The largest absolute Gasteiger partial charge is 0.457 e. The molecule has 19 heavy (non-hydrogen) atoms. The van der Waals surface area contributed by atoms with Gasteiger partial charge in [0.05, 0.1) is 0 Å². The highest BCUT2D eigenvalue weighted by Gasteiger charge is 2.03.